The summed E-state index contributed by atoms with van der Waals surface area (Å²) in [5.74, 6) is -2.38. The van der Waals surface area contributed by atoms with Crippen molar-refractivity contribution >= 4 is 17.9 Å². The average molecular weight is 326 g/mol. The maximum Gasteiger partial charge on any atom is 0.333 e. The van der Waals surface area contributed by atoms with Crippen LogP contribution in [0.2, 0.25) is 0 Å². The van der Waals surface area contributed by atoms with Crippen LogP contribution in [0.15, 0.2) is 36.0 Å². The second kappa shape index (κ2) is 11.2. The van der Waals surface area contributed by atoms with Crippen LogP contribution in [0.4, 0.5) is 0 Å². The third kappa shape index (κ3) is 9.26. The van der Waals surface area contributed by atoms with Gasteiger partial charge >= 0.3 is 17.9 Å². The van der Waals surface area contributed by atoms with Crippen LogP contribution in [0.5, 0.6) is 0 Å². The Balaban J connectivity index is 4.86. The first-order valence-electron chi connectivity index (χ1n) is 6.99. The fourth-order valence-corrected chi connectivity index (χ4v) is 1.39. The van der Waals surface area contributed by atoms with Crippen molar-refractivity contribution < 1.29 is 34.1 Å². The molecule has 0 rings (SSSR count). The van der Waals surface area contributed by atoms with E-state index in [-0.39, 0.29) is 25.2 Å². The van der Waals surface area contributed by atoms with Crippen LogP contribution in [-0.2, 0) is 23.9 Å². The van der Waals surface area contributed by atoms with Gasteiger partial charge in [-0.05, 0) is 20.3 Å². The fourth-order valence-electron chi connectivity index (χ4n) is 1.39. The Kier molecular flexibility index (Phi) is 10.0. The van der Waals surface area contributed by atoms with Crippen LogP contribution in [0, 0.1) is 0 Å². The number of hydrogen-bond acceptors (Lipinski definition) is 6. The van der Waals surface area contributed by atoms with E-state index in [9.17, 15) is 14.4 Å². The zero-order valence-corrected chi connectivity index (χ0v) is 13.3. The van der Waals surface area contributed by atoms with E-state index in [0.29, 0.717) is 12.0 Å². The minimum atomic E-state index is -1.09. The van der Waals surface area contributed by atoms with E-state index in [4.69, 9.17) is 19.7 Å². The number of rotatable bonds is 10. The van der Waals surface area contributed by atoms with E-state index in [1.54, 1.807) is 0 Å². The van der Waals surface area contributed by atoms with Gasteiger partial charge in [0.05, 0.1) is 0 Å². The molecule has 0 heterocycles. The molecule has 0 aromatic rings. The summed E-state index contributed by atoms with van der Waals surface area (Å²) in [6.45, 7) is 5.88. The summed E-state index contributed by atoms with van der Waals surface area (Å²) in [5, 5.41) is 17.5. The second-order valence-corrected chi connectivity index (χ2v) is 4.69. The van der Waals surface area contributed by atoms with Crippen molar-refractivity contribution in [2.75, 3.05) is 13.2 Å². The second-order valence-electron chi connectivity index (χ2n) is 4.69. The first-order chi connectivity index (χ1) is 10.8. The molecule has 23 heavy (non-hydrogen) atoms. The smallest absolute Gasteiger partial charge is 0.333 e. The van der Waals surface area contributed by atoms with Crippen LogP contribution in [0.1, 0.15) is 26.7 Å². The monoisotopic (exact) mass is 326 g/mol. The summed E-state index contributed by atoms with van der Waals surface area (Å²) in [6, 6.07) is 0. The van der Waals surface area contributed by atoms with E-state index in [2.05, 4.69) is 6.58 Å². The van der Waals surface area contributed by atoms with Crippen molar-refractivity contribution in [1.82, 2.24) is 0 Å². The van der Waals surface area contributed by atoms with Gasteiger partial charge in [0.1, 0.15) is 12.7 Å². The van der Waals surface area contributed by atoms with Gasteiger partial charge in [0, 0.05) is 30.2 Å². The van der Waals surface area contributed by atoms with Gasteiger partial charge < -0.3 is 19.7 Å². The zero-order valence-electron chi connectivity index (χ0n) is 13.3. The lowest BCUT2D eigenvalue weighted by Crippen LogP contribution is -2.25. The summed E-state index contributed by atoms with van der Waals surface area (Å²) in [4.78, 5) is 33.7. The largest absolute Gasteiger partial charge is 0.478 e. The molecule has 128 valence electrons. The normalized spacial score (nSPS) is 13.2. The molecule has 0 aromatic carbocycles. The van der Waals surface area contributed by atoms with E-state index in [1.165, 1.54) is 26.0 Å². The van der Waals surface area contributed by atoms with Crippen molar-refractivity contribution in [1.29, 1.82) is 0 Å². The molecule has 0 aromatic heterocycles. The minimum absolute atomic E-state index is 0.0849. The van der Waals surface area contributed by atoms with Crippen molar-refractivity contribution in [3.8, 4) is 0 Å². The molecule has 0 saturated heterocycles. The van der Waals surface area contributed by atoms with Gasteiger partial charge in [-0.25, -0.2) is 14.4 Å². The molecule has 0 aliphatic rings. The zero-order chi connectivity index (χ0) is 17.8. The van der Waals surface area contributed by atoms with Crippen LogP contribution >= 0.6 is 0 Å². The van der Waals surface area contributed by atoms with E-state index >= 15 is 0 Å². The molecule has 0 fully saturated rings. The number of aliphatic carboxylic acids is 1. The molecule has 0 aliphatic heterocycles. The number of ether oxygens (including phenoxy) is 2. The Morgan fingerprint density at radius 3 is 2.35 bits per heavy atom. The Bertz CT molecular complexity index is 503. The molecule has 1 unspecified atom stereocenters. The highest BCUT2D eigenvalue weighted by atomic mass is 16.6. The standard InChI is InChI=1S/C16H22O7/c1-4-14(18)22-10-13(8-7-11(2)15(19)20)23-16(21)12(3)6-5-9-17/h4,6-7,13,17H,1,5,8-10H2,2-3H3,(H,19,20). The highest BCUT2D eigenvalue weighted by Crippen LogP contribution is 2.09. The first-order valence-corrected chi connectivity index (χ1v) is 6.99. The highest BCUT2D eigenvalue weighted by Gasteiger charge is 2.17. The predicted molar refractivity (Wildman–Crippen MR) is 82.5 cm³/mol. The Hall–Kier alpha value is -2.41. The lowest BCUT2D eigenvalue weighted by molar-refractivity contribution is -0.153. The number of carboxylic acids is 1. The maximum atomic E-state index is 11.9. The van der Waals surface area contributed by atoms with E-state index < -0.39 is 24.0 Å². The fraction of sp³-hybridized carbons (Fsp3) is 0.438. The Morgan fingerprint density at radius 2 is 1.83 bits per heavy atom. The van der Waals surface area contributed by atoms with Gasteiger partial charge in [0.2, 0.25) is 0 Å². The quantitative estimate of drug-likeness (QED) is 0.461. The average Bonchev–Trinajstić information content (AvgIpc) is 2.53. The lowest BCUT2D eigenvalue weighted by atomic mass is 10.2. The van der Waals surface area contributed by atoms with Gasteiger partial charge in [0.15, 0.2) is 0 Å². The lowest BCUT2D eigenvalue weighted by Gasteiger charge is -2.16. The number of hydrogen-bond donors (Lipinski definition) is 2. The molecule has 0 saturated carbocycles. The summed E-state index contributed by atoms with van der Waals surface area (Å²) in [5.41, 5.74) is 0.395. The highest BCUT2D eigenvalue weighted by molar-refractivity contribution is 5.88. The van der Waals surface area contributed by atoms with Crippen LogP contribution in [-0.4, -0.2) is 47.4 Å². The van der Waals surface area contributed by atoms with Crippen molar-refractivity contribution in [3.63, 3.8) is 0 Å². The summed E-state index contributed by atoms with van der Waals surface area (Å²) < 4.78 is 10.0. The van der Waals surface area contributed by atoms with Gasteiger partial charge in [0.25, 0.3) is 0 Å². The minimum Gasteiger partial charge on any atom is -0.478 e. The first kappa shape index (κ1) is 20.6. The van der Waals surface area contributed by atoms with Gasteiger partial charge in [-0.3, -0.25) is 0 Å². The molecule has 1 atom stereocenters. The van der Waals surface area contributed by atoms with Crippen molar-refractivity contribution in [2.24, 2.45) is 0 Å². The molecule has 2 N–H and O–H groups in total. The van der Waals surface area contributed by atoms with Crippen LogP contribution in [0.3, 0.4) is 0 Å². The summed E-state index contributed by atoms with van der Waals surface area (Å²) in [6.07, 6.45) is 3.46. The molecule has 7 heteroatoms. The third-order valence-electron chi connectivity index (χ3n) is 2.78. The summed E-state index contributed by atoms with van der Waals surface area (Å²) >= 11 is 0. The molecule has 7 nitrogen and oxygen atoms in total. The topological polar surface area (TPSA) is 110 Å². The molecule has 0 amide bonds. The number of carbonyl (C=O) groups is 3. The van der Waals surface area contributed by atoms with Gasteiger partial charge in [-0.1, -0.05) is 18.7 Å². The van der Waals surface area contributed by atoms with Crippen molar-refractivity contribution in [2.45, 2.75) is 32.8 Å². The maximum absolute atomic E-state index is 11.9. The van der Waals surface area contributed by atoms with Crippen molar-refractivity contribution in [3.05, 3.63) is 36.0 Å². The van der Waals surface area contributed by atoms with E-state index in [0.717, 1.165) is 6.08 Å². The van der Waals surface area contributed by atoms with Crippen LogP contribution in [0.25, 0.3) is 0 Å². The van der Waals surface area contributed by atoms with Crippen LogP contribution < -0.4 is 0 Å². The molecular weight excluding hydrogens is 304 g/mol. The number of carbonyl (C=O) groups excluding carboxylic acids is 2. The third-order valence-corrected chi connectivity index (χ3v) is 2.78. The van der Waals surface area contributed by atoms with E-state index in [1.807, 2.05) is 0 Å². The molecule has 0 bridgehead atoms. The number of carboxylic acid groups (broad SMARTS) is 1. The SMILES string of the molecule is C=CC(=O)OCC(CC=C(C)C(=O)O)OC(=O)C(C)=CCCO. The number of aliphatic hydroxyl groups excluding tert-OH is 1. The molecule has 0 radical (unpaired) electrons. The van der Waals surface area contributed by atoms with Gasteiger partial charge in [-0.2, -0.15) is 0 Å². The number of aliphatic hydroxyl groups is 1. The Morgan fingerprint density at radius 1 is 1.17 bits per heavy atom. The summed E-state index contributed by atoms with van der Waals surface area (Å²) in [7, 11) is 0. The predicted octanol–water partition coefficient (Wildman–Crippen LogP) is 1.38. The number of esters is 2. The molecular formula is C16H22O7. The van der Waals surface area contributed by atoms with Gasteiger partial charge in [-0.15, -0.1) is 0 Å². The molecule has 0 spiro atoms. The molecule has 0 aliphatic carbocycles. The Labute approximate surface area is 134 Å².